The van der Waals surface area contributed by atoms with Crippen LogP contribution in [0.3, 0.4) is 0 Å². The number of rotatable bonds is 4. The lowest BCUT2D eigenvalue weighted by Crippen LogP contribution is -2.42. The van der Waals surface area contributed by atoms with Crippen LogP contribution >= 0.6 is 23.2 Å². The number of anilines is 1. The molecule has 1 aliphatic heterocycles. The Bertz CT molecular complexity index is 1000. The fourth-order valence-electron chi connectivity index (χ4n) is 2.67. The molecule has 0 saturated carbocycles. The molecule has 1 unspecified atom stereocenters. The molecule has 11 heteroatoms. The first-order valence-corrected chi connectivity index (χ1v) is 8.58. The van der Waals surface area contributed by atoms with Crippen molar-refractivity contribution in [2.45, 2.75) is 12.5 Å². The Kier molecular flexibility index (Phi) is 5.22. The third-order valence-corrected chi connectivity index (χ3v) is 4.63. The second kappa shape index (κ2) is 7.33. The summed E-state index contributed by atoms with van der Waals surface area (Å²) in [5.74, 6) is -3.79. The summed E-state index contributed by atoms with van der Waals surface area (Å²) in [4.78, 5) is 41.7. The largest absolute Gasteiger partial charge is 0.325 e. The number of hydrogen-bond acceptors (Lipinski definition) is 4. The van der Waals surface area contributed by atoms with Gasteiger partial charge in [-0.3, -0.25) is 14.5 Å². The highest BCUT2D eigenvalue weighted by Crippen LogP contribution is 2.30. The number of nitrogens with zero attached hydrogens (tertiary/aromatic N) is 2. The molecular weight excluding hydrogens is 417 g/mol. The quantitative estimate of drug-likeness (QED) is 0.731. The van der Waals surface area contributed by atoms with Crippen LogP contribution in [0, 0.1) is 11.6 Å². The van der Waals surface area contributed by atoms with Crippen molar-refractivity contribution in [2.75, 3.05) is 11.9 Å². The number of carbonyl (C=O) groups is 3. The van der Waals surface area contributed by atoms with Crippen molar-refractivity contribution >= 4 is 46.9 Å². The van der Waals surface area contributed by atoms with E-state index in [0.717, 1.165) is 12.1 Å². The maximum Gasteiger partial charge on any atom is 0.325 e. The second-order valence-corrected chi connectivity index (χ2v) is 6.95. The predicted octanol–water partition coefficient (Wildman–Crippen LogP) is 3.07. The molecule has 7 nitrogen and oxygen atoms in total. The van der Waals surface area contributed by atoms with Crippen LogP contribution in [0.1, 0.15) is 12.5 Å². The minimum atomic E-state index is -1.65. The van der Waals surface area contributed by atoms with Gasteiger partial charge in [-0.25, -0.2) is 18.6 Å². The Morgan fingerprint density at radius 2 is 1.96 bits per heavy atom. The highest BCUT2D eigenvalue weighted by molar-refractivity contribution is 6.36. The molecule has 1 atom stereocenters. The Morgan fingerprint density at radius 1 is 1.25 bits per heavy atom. The lowest BCUT2D eigenvalue weighted by molar-refractivity contribution is -0.133. The van der Waals surface area contributed by atoms with E-state index < -0.39 is 41.6 Å². The summed E-state index contributed by atoms with van der Waals surface area (Å²) in [5.41, 5.74) is -1.61. The Hall–Kier alpha value is -2.78. The summed E-state index contributed by atoms with van der Waals surface area (Å²) >= 11 is 11.6. The summed E-state index contributed by atoms with van der Waals surface area (Å²) in [6.07, 6.45) is 1.26. The minimum Gasteiger partial charge on any atom is -0.319 e. The van der Waals surface area contributed by atoms with E-state index in [1.807, 2.05) is 0 Å². The summed E-state index contributed by atoms with van der Waals surface area (Å²) in [5, 5.41) is 5.09. The molecule has 4 amide bonds. The minimum absolute atomic E-state index is 0.00601. The SMILES string of the molecule is CC1(c2ccc(F)c(F)c2)NC(=O)N(CC(=O)Nc2ncc(Cl)cc2Cl)C1=O. The van der Waals surface area contributed by atoms with Gasteiger partial charge in [0.15, 0.2) is 17.5 Å². The maximum absolute atomic E-state index is 13.5. The third kappa shape index (κ3) is 3.63. The lowest BCUT2D eigenvalue weighted by Gasteiger charge is -2.22. The number of amides is 4. The van der Waals surface area contributed by atoms with Crippen molar-refractivity contribution in [1.82, 2.24) is 15.2 Å². The van der Waals surface area contributed by atoms with Gasteiger partial charge in [0.25, 0.3) is 5.91 Å². The smallest absolute Gasteiger partial charge is 0.319 e. The number of nitrogens with one attached hydrogen (secondary N) is 2. The van der Waals surface area contributed by atoms with Crippen LogP contribution in [0.4, 0.5) is 19.4 Å². The molecule has 146 valence electrons. The Balaban J connectivity index is 1.77. The number of pyridine rings is 1. The van der Waals surface area contributed by atoms with Crippen LogP contribution in [-0.2, 0) is 15.1 Å². The van der Waals surface area contributed by atoms with Crippen molar-refractivity contribution in [1.29, 1.82) is 0 Å². The number of hydrogen-bond donors (Lipinski definition) is 2. The molecule has 2 heterocycles. The van der Waals surface area contributed by atoms with Crippen LogP contribution in [0.5, 0.6) is 0 Å². The van der Waals surface area contributed by atoms with Gasteiger partial charge in [-0.15, -0.1) is 0 Å². The first kappa shape index (κ1) is 20.0. The zero-order valence-corrected chi connectivity index (χ0v) is 15.7. The van der Waals surface area contributed by atoms with Gasteiger partial charge in [0.05, 0.1) is 10.0 Å². The van der Waals surface area contributed by atoms with Gasteiger partial charge in [-0.1, -0.05) is 29.3 Å². The van der Waals surface area contributed by atoms with Crippen LogP contribution in [0.25, 0.3) is 0 Å². The molecular formula is C17H12Cl2F2N4O3. The van der Waals surface area contributed by atoms with Crippen LogP contribution in [0.15, 0.2) is 30.5 Å². The van der Waals surface area contributed by atoms with Crippen molar-refractivity contribution in [2.24, 2.45) is 0 Å². The molecule has 3 rings (SSSR count). The van der Waals surface area contributed by atoms with Crippen LogP contribution < -0.4 is 10.6 Å². The average Bonchev–Trinajstić information content (AvgIpc) is 2.84. The molecule has 1 saturated heterocycles. The van der Waals surface area contributed by atoms with Gasteiger partial charge in [0.1, 0.15) is 12.1 Å². The molecule has 1 aliphatic rings. The molecule has 0 aliphatic carbocycles. The second-order valence-electron chi connectivity index (χ2n) is 6.11. The maximum atomic E-state index is 13.5. The molecule has 1 aromatic carbocycles. The highest BCUT2D eigenvalue weighted by atomic mass is 35.5. The fourth-order valence-corrected chi connectivity index (χ4v) is 3.09. The summed E-state index contributed by atoms with van der Waals surface area (Å²) in [6.45, 7) is 0.694. The van der Waals surface area contributed by atoms with E-state index in [9.17, 15) is 23.2 Å². The molecule has 0 bridgehead atoms. The number of urea groups is 1. The molecule has 28 heavy (non-hydrogen) atoms. The normalized spacial score (nSPS) is 19.0. The van der Waals surface area contributed by atoms with E-state index >= 15 is 0 Å². The van der Waals surface area contributed by atoms with E-state index in [0.29, 0.717) is 4.90 Å². The molecule has 2 N–H and O–H groups in total. The predicted molar refractivity (Wildman–Crippen MR) is 96.8 cm³/mol. The Labute approximate surface area is 167 Å². The fraction of sp³-hybridized carbons (Fsp3) is 0.176. The summed E-state index contributed by atoms with van der Waals surface area (Å²) in [6, 6.07) is 3.34. The van der Waals surface area contributed by atoms with Gasteiger partial charge in [-0.05, 0) is 30.7 Å². The number of aromatic nitrogens is 1. The average molecular weight is 429 g/mol. The molecule has 2 aromatic rings. The van der Waals surface area contributed by atoms with Crippen molar-refractivity contribution in [3.05, 3.63) is 57.7 Å². The summed E-state index contributed by atoms with van der Waals surface area (Å²) in [7, 11) is 0. The number of carbonyl (C=O) groups excluding carboxylic acids is 3. The van der Waals surface area contributed by atoms with E-state index in [4.69, 9.17) is 23.2 Å². The van der Waals surface area contributed by atoms with Crippen molar-refractivity contribution in [3.8, 4) is 0 Å². The van der Waals surface area contributed by atoms with E-state index in [-0.39, 0.29) is 21.4 Å². The number of imide groups is 1. The molecule has 0 radical (unpaired) electrons. The molecule has 1 fully saturated rings. The molecule has 0 spiro atoms. The zero-order chi connectivity index (χ0) is 20.6. The number of benzene rings is 1. The van der Waals surface area contributed by atoms with Gasteiger partial charge in [0, 0.05) is 6.20 Å². The van der Waals surface area contributed by atoms with E-state index in [2.05, 4.69) is 15.6 Å². The van der Waals surface area contributed by atoms with Gasteiger partial charge >= 0.3 is 6.03 Å². The topological polar surface area (TPSA) is 91.4 Å². The zero-order valence-electron chi connectivity index (χ0n) is 14.2. The monoisotopic (exact) mass is 428 g/mol. The Morgan fingerprint density at radius 3 is 2.61 bits per heavy atom. The summed E-state index contributed by atoms with van der Waals surface area (Å²) < 4.78 is 26.7. The molecule has 1 aromatic heterocycles. The highest BCUT2D eigenvalue weighted by Gasteiger charge is 2.49. The first-order valence-electron chi connectivity index (χ1n) is 7.82. The van der Waals surface area contributed by atoms with Crippen molar-refractivity contribution in [3.63, 3.8) is 0 Å². The number of halogens is 4. The van der Waals surface area contributed by atoms with Crippen LogP contribution in [0.2, 0.25) is 10.0 Å². The lowest BCUT2D eigenvalue weighted by atomic mass is 9.92. The van der Waals surface area contributed by atoms with E-state index in [1.54, 1.807) is 0 Å². The standard InChI is InChI=1S/C17H12Cl2F2N4O3/c1-17(8-2-3-11(20)12(21)4-8)15(27)25(16(28)24-17)7-13(26)23-14-10(19)5-9(18)6-22-14/h2-6H,7H2,1H3,(H,24,28)(H,22,23,26). The van der Waals surface area contributed by atoms with Crippen LogP contribution in [-0.4, -0.2) is 34.3 Å². The van der Waals surface area contributed by atoms with E-state index in [1.165, 1.54) is 25.3 Å². The first-order chi connectivity index (χ1) is 13.1. The van der Waals surface area contributed by atoms with Gasteiger partial charge < -0.3 is 10.6 Å². The van der Waals surface area contributed by atoms with Gasteiger partial charge in [0.2, 0.25) is 5.91 Å². The third-order valence-electron chi connectivity index (χ3n) is 4.14. The van der Waals surface area contributed by atoms with Crippen molar-refractivity contribution < 1.29 is 23.2 Å². The van der Waals surface area contributed by atoms with Gasteiger partial charge in [-0.2, -0.15) is 0 Å².